The Labute approximate surface area is 168 Å². The number of esters is 2. The molecule has 0 spiro atoms. The maximum atomic E-state index is 12.2. The first-order valence-corrected chi connectivity index (χ1v) is 8.65. The van der Waals surface area contributed by atoms with Crippen LogP contribution in [-0.2, 0) is 9.47 Å². The molecule has 1 aliphatic heterocycles. The van der Waals surface area contributed by atoms with Gasteiger partial charge < -0.3 is 49.8 Å². The Bertz CT molecular complexity index is 904. The van der Waals surface area contributed by atoms with Crippen LogP contribution in [0.3, 0.4) is 0 Å². The second kappa shape index (κ2) is 8.69. The SMILES string of the molecule is O=C(Oc1ccc(C(=O)OC2OC(CO)C(O)C(O)C2O)[nH]1)c1cc(O)cc(O)c1. The predicted molar refractivity (Wildman–Crippen MR) is 94.7 cm³/mol. The molecule has 0 aliphatic carbocycles. The van der Waals surface area contributed by atoms with Crippen LogP contribution in [0.5, 0.6) is 17.4 Å². The van der Waals surface area contributed by atoms with Gasteiger partial charge in [-0.3, -0.25) is 0 Å². The number of carbonyl (C=O) groups excluding carboxylic acids is 2. The molecule has 2 aromatic rings. The number of hydrogen-bond acceptors (Lipinski definition) is 11. The number of aromatic hydroxyl groups is 2. The van der Waals surface area contributed by atoms with Gasteiger partial charge in [-0.1, -0.05) is 0 Å². The summed E-state index contributed by atoms with van der Waals surface area (Å²) in [6.45, 7) is -0.688. The van der Waals surface area contributed by atoms with Crippen molar-refractivity contribution in [3.05, 3.63) is 41.6 Å². The standard InChI is InChI=1S/C18H19NO11/c20-6-11-13(23)14(24)15(25)18(28-11)30-17(27)10-1-2-12(19-10)29-16(26)7-3-8(21)5-9(22)4-7/h1-5,11,13-15,18-25H,6H2. The van der Waals surface area contributed by atoms with Crippen molar-refractivity contribution in [2.75, 3.05) is 6.61 Å². The summed E-state index contributed by atoms with van der Waals surface area (Å²) in [5.41, 5.74) is -0.346. The highest BCUT2D eigenvalue weighted by Gasteiger charge is 2.45. The summed E-state index contributed by atoms with van der Waals surface area (Å²) in [6, 6.07) is 5.59. The zero-order valence-electron chi connectivity index (χ0n) is 15.2. The van der Waals surface area contributed by atoms with E-state index >= 15 is 0 Å². The van der Waals surface area contributed by atoms with Crippen LogP contribution in [0.25, 0.3) is 0 Å². The minimum atomic E-state index is -1.77. The topological polar surface area (TPSA) is 199 Å². The molecule has 0 saturated carbocycles. The highest BCUT2D eigenvalue weighted by atomic mass is 16.7. The van der Waals surface area contributed by atoms with Crippen molar-refractivity contribution in [2.45, 2.75) is 30.7 Å². The van der Waals surface area contributed by atoms with E-state index in [1.165, 1.54) is 12.1 Å². The van der Waals surface area contributed by atoms with Gasteiger partial charge in [0.05, 0.1) is 12.2 Å². The number of aliphatic hydroxyl groups excluding tert-OH is 4. The van der Waals surface area contributed by atoms with E-state index in [9.17, 15) is 35.1 Å². The first-order chi connectivity index (χ1) is 14.2. The van der Waals surface area contributed by atoms with E-state index in [1.807, 2.05) is 0 Å². The third-order valence-corrected chi connectivity index (χ3v) is 4.29. The fourth-order valence-corrected chi connectivity index (χ4v) is 2.76. The van der Waals surface area contributed by atoms with Crippen LogP contribution in [0.1, 0.15) is 20.8 Å². The largest absolute Gasteiger partial charge is 0.508 e. The second-order valence-electron chi connectivity index (χ2n) is 6.47. The van der Waals surface area contributed by atoms with Crippen LogP contribution in [-0.4, -0.2) is 84.9 Å². The molecule has 7 N–H and O–H groups in total. The molecule has 30 heavy (non-hydrogen) atoms. The van der Waals surface area contributed by atoms with E-state index in [-0.39, 0.29) is 28.6 Å². The molecule has 5 unspecified atom stereocenters. The van der Waals surface area contributed by atoms with Gasteiger partial charge in [0, 0.05) is 12.1 Å². The molecule has 0 radical (unpaired) electrons. The summed E-state index contributed by atoms with van der Waals surface area (Å²) in [5.74, 6) is -2.84. The quantitative estimate of drug-likeness (QED) is 0.278. The minimum absolute atomic E-state index is 0.146. The van der Waals surface area contributed by atoms with Gasteiger partial charge in [-0.25, -0.2) is 9.59 Å². The highest BCUT2D eigenvalue weighted by Crippen LogP contribution is 2.24. The Hall–Kier alpha value is -3.16. The van der Waals surface area contributed by atoms with Crippen molar-refractivity contribution in [3.8, 4) is 17.4 Å². The summed E-state index contributed by atoms with van der Waals surface area (Å²) in [4.78, 5) is 26.8. The summed E-state index contributed by atoms with van der Waals surface area (Å²) >= 11 is 0. The molecule has 3 rings (SSSR count). The number of aromatic nitrogens is 1. The van der Waals surface area contributed by atoms with Crippen molar-refractivity contribution in [2.24, 2.45) is 0 Å². The lowest BCUT2D eigenvalue weighted by atomic mass is 9.99. The highest BCUT2D eigenvalue weighted by molar-refractivity contribution is 5.92. The average Bonchev–Trinajstić information content (AvgIpc) is 3.16. The molecule has 0 amide bonds. The van der Waals surface area contributed by atoms with Crippen LogP contribution >= 0.6 is 0 Å². The van der Waals surface area contributed by atoms with E-state index in [4.69, 9.17) is 19.3 Å². The van der Waals surface area contributed by atoms with E-state index in [0.29, 0.717) is 0 Å². The summed E-state index contributed by atoms with van der Waals surface area (Å²) in [5, 5.41) is 57.3. The van der Waals surface area contributed by atoms with E-state index in [2.05, 4.69) is 4.98 Å². The van der Waals surface area contributed by atoms with Crippen LogP contribution in [0, 0.1) is 0 Å². The maximum Gasteiger partial charge on any atom is 0.357 e. The van der Waals surface area contributed by atoms with E-state index in [0.717, 1.165) is 18.2 Å². The van der Waals surface area contributed by atoms with Gasteiger partial charge >= 0.3 is 11.9 Å². The molecule has 0 bridgehead atoms. The minimum Gasteiger partial charge on any atom is -0.508 e. The van der Waals surface area contributed by atoms with Crippen molar-refractivity contribution in [1.82, 2.24) is 4.98 Å². The molecule has 12 heteroatoms. The first-order valence-electron chi connectivity index (χ1n) is 8.65. The normalized spacial score (nSPS) is 26.2. The van der Waals surface area contributed by atoms with Crippen molar-refractivity contribution in [1.29, 1.82) is 0 Å². The van der Waals surface area contributed by atoms with Crippen LogP contribution in [0.2, 0.25) is 0 Å². The van der Waals surface area contributed by atoms with Gasteiger partial charge in [0.15, 0.2) is 0 Å². The lowest BCUT2D eigenvalue weighted by molar-refractivity contribution is -0.285. The number of phenolic OH excluding ortho intramolecular Hbond substituents is 2. The number of rotatable bonds is 5. The number of H-pyrrole nitrogens is 1. The van der Waals surface area contributed by atoms with E-state index in [1.54, 1.807) is 0 Å². The molecular weight excluding hydrogens is 406 g/mol. The number of aliphatic hydroxyl groups is 4. The van der Waals surface area contributed by atoms with Crippen molar-refractivity contribution < 1.29 is 54.4 Å². The Morgan fingerprint density at radius 2 is 1.63 bits per heavy atom. The Morgan fingerprint density at radius 1 is 0.967 bits per heavy atom. The number of aromatic amines is 1. The molecule has 5 atom stereocenters. The Balaban J connectivity index is 1.65. The second-order valence-corrected chi connectivity index (χ2v) is 6.47. The molecule has 162 valence electrons. The number of nitrogens with one attached hydrogen (secondary N) is 1. The molecule has 1 saturated heterocycles. The van der Waals surface area contributed by atoms with Crippen molar-refractivity contribution >= 4 is 11.9 Å². The third kappa shape index (κ3) is 4.53. The molecule has 12 nitrogen and oxygen atoms in total. The number of phenols is 2. The number of benzene rings is 1. The molecule has 1 aromatic carbocycles. The maximum absolute atomic E-state index is 12.2. The van der Waals surface area contributed by atoms with Gasteiger partial charge in [-0.15, -0.1) is 0 Å². The Morgan fingerprint density at radius 3 is 2.27 bits per heavy atom. The molecule has 1 aliphatic rings. The smallest absolute Gasteiger partial charge is 0.357 e. The fraction of sp³-hybridized carbons (Fsp3) is 0.333. The molecule has 1 fully saturated rings. The zero-order chi connectivity index (χ0) is 22.0. The van der Waals surface area contributed by atoms with Crippen LogP contribution in [0.4, 0.5) is 0 Å². The zero-order valence-corrected chi connectivity index (χ0v) is 15.2. The molecule has 2 heterocycles. The van der Waals surface area contributed by atoms with Crippen LogP contribution < -0.4 is 4.74 Å². The van der Waals surface area contributed by atoms with Gasteiger partial charge in [-0.05, 0) is 18.2 Å². The molecular formula is C18H19NO11. The average molecular weight is 425 g/mol. The molecule has 1 aromatic heterocycles. The number of hydrogen-bond donors (Lipinski definition) is 7. The summed E-state index contributed by atoms with van der Waals surface area (Å²) in [7, 11) is 0. The first kappa shape index (κ1) is 21.5. The predicted octanol–water partition coefficient (Wildman–Crippen LogP) is -1.40. The van der Waals surface area contributed by atoms with Gasteiger partial charge in [0.25, 0.3) is 0 Å². The monoisotopic (exact) mass is 425 g/mol. The lowest BCUT2D eigenvalue weighted by Gasteiger charge is -2.39. The fourth-order valence-electron chi connectivity index (χ4n) is 2.76. The summed E-state index contributed by atoms with van der Waals surface area (Å²) < 4.78 is 15.0. The number of ether oxygens (including phenoxy) is 3. The lowest BCUT2D eigenvalue weighted by Crippen LogP contribution is -2.59. The van der Waals surface area contributed by atoms with Gasteiger partial charge in [0.1, 0.15) is 41.6 Å². The van der Waals surface area contributed by atoms with E-state index < -0.39 is 49.3 Å². The van der Waals surface area contributed by atoms with Crippen molar-refractivity contribution in [3.63, 3.8) is 0 Å². The number of carbonyl (C=O) groups is 2. The Kier molecular flexibility index (Phi) is 6.24. The third-order valence-electron chi connectivity index (χ3n) is 4.29. The van der Waals surface area contributed by atoms with Crippen LogP contribution in [0.15, 0.2) is 30.3 Å². The van der Waals surface area contributed by atoms with Gasteiger partial charge in [0.2, 0.25) is 12.2 Å². The van der Waals surface area contributed by atoms with Gasteiger partial charge in [-0.2, -0.15) is 0 Å². The summed E-state index contributed by atoms with van der Waals surface area (Å²) in [6.07, 6.45) is -8.00.